The van der Waals surface area contributed by atoms with Crippen LogP contribution in [0.5, 0.6) is 0 Å². The number of carbonyl (C=O) groups is 1. The van der Waals surface area contributed by atoms with Crippen molar-refractivity contribution in [3.05, 3.63) is 51.7 Å². The minimum absolute atomic E-state index is 0.103. The van der Waals surface area contributed by atoms with Crippen molar-refractivity contribution in [2.24, 2.45) is 0 Å². The van der Waals surface area contributed by atoms with E-state index < -0.39 is 5.97 Å². The van der Waals surface area contributed by atoms with E-state index in [1.165, 1.54) is 18.2 Å². The number of aromatic carboxylic acids is 1. The van der Waals surface area contributed by atoms with Crippen LogP contribution in [0.4, 0.5) is 21.5 Å². The smallest absolute Gasteiger partial charge is 0.335 e. The van der Waals surface area contributed by atoms with Crippen molar-refractivity contribution in [1.29, 1.82) is 0 Å². The van der Waals surface area contributed by atoms with Crippen molar-refractivity contribution < 1.29 is 14.3 Å². The molecule has 4 nitrogen and oxygen atoms in total. The van der Waals surface area contributed by atoms with Crippen molar-refractivity contribution in [3.8, 4) is 0 Å². The lowest BCUT2D eigenvalue weighted by Gasteiger charge is -2.13. The zero-order valence-electron chi connectivity index (χ0n) is 10.6. The molecule has 0 saturated carbocycles. The van der Waals surface area contributed by atoms with Crippen LogP contribution < -0.4 is 11.1 Å². The Kier molecular flexibility index (Phi) is 3.94. The molecular weight excluding hydrogens is 327 g/mol. The van der Waals surface area contributed by atoms with Crippen LogP contribution in [0.15, 0.2) is 34.8 Å². The van der Waals surface area contributed by atoms with E-state index in [4.69, 9.17) is 10.8 Å². The molecule has 0 atom stereocenters. The molecule has 2 aromatic carbocycles. The molecule has 0 bridgehead atoms. The molecule has 0 radical (unpaired) electrons. The summed E-state index contributed by atoms with van der Waals surface area (Å²) in [5, 5.41) is 11.9. The van der Waals surface area contributed by atoms with Crippen LogP contribution in [-0.2, 0) is 0 Å². The van der Waals surface area contributed by atoms with Crippen LogP contribution in [0.3, 0.4) is 0 Å². The molecule has 6 heteroatoms. The van der Waals surface area contributed by atoms with E-state index in [0.717, 1.165) is 5.56 Å². The molecule has 4 N–H and O–H groups in total. The minimum atomic E-state index is -1.05. The van der Waals surface area contributed by atoms with Crippen LogP contribution in [0, 0.1) is 12.7 Å². The first-order valence-corrected chi connectivity index (χ1v) is 6.53. The third kappa shape index (κ3) is 2.91. The van der Waals surface area contributed by atoms with Gasteiger partial charge in [0.2, 0.25) is 0 Å². The fourth-order valence-electron chi connectivity index (χ4n) is 1.74. The molecule has 0 heterocycles. The molecule has 0 aromatic heterocycles. The Labute approximate surface area is 123 Å². The van der Waals surface area contributed by atoms with Gasteiger partial charge in [-0.2, -0.15) is 0 Å². The molecule has 0 aliphatic carbocycles. The first-order chi connectivity index (χ1) is 9.38. The molecule has 0 aliphatic rings. The predicted molar refractivity (Wildman–Crippen MR) is 79.9 cm³/mol. The molecule has 0 spiro atoms. The SMILES string of the molecule is Cc1cc(Br)c(F)cc1Nc1ccc(C(=O)O)cc1N. The summed E-state index contributed by atoms with van der Waals surface area (Å²) in [6.45, 7) is 1.83. The van der Waals surface area contributed by atoms with Crippen molar-refractivity contribution in [1.82, 2.24) is 0 Å². The summed E-state index contributed by atoms with van der Waals surface area (Å²) in [6, 6.07) is 7.35. The number of nitrogens with two attached hydrogens (primary N) is 1. The minimum Gasteiger partial charge on any atom is -0.478 e. The molecular formula is C14H12BrFN2O2. The molecule has 20 heavy (non-hydrogen) atoms. The highest BCUT2D eigenvalue weighted by Gasteiger charge is 2.09. The second kappa shape index (κ2) is 5.50. The van der Waals surface area contributed by atoms with E-state index in [1.54, 1.807) is 12.1 Å². The number of aryl methyl sites for hydroxylation is 1. The van der Waals surface area contributed by atoms with Gasteiger partial charge in [0, 0.05) is 5.69 Å². The normalized spacial score (nSPS) is 10.3. The predicted octanol–water partition coefficient (Wildman–Crippen LogP) is 3.92. The summed E-state index contributed by atoms with van der Waals surface area (Å²) in [5.41, 5.74) is 8.12. The van der Waals surface area contributed by atoms with E-state index in [1.807, 2.05) is 6.92 Å². The van der Waals surface area contributed by atoms with Gasteiger partial charge in [-0.05, 0) is 58.7 Å². The van der Waals surface area contributed by atoms with Crippen molar-refractivity contribution in [2.75, 3.05) is 11.1 Å². The number of halogens is 2. The summed E-state index contributed by atoms with van der Waals surface area (Å²) in [5.74, 6) is -1.44. The van der Waals surface area contributed by atoms with Gasteiger partial charge in [0.05, 0.1) is 21.4 Å². The van der Waals surface area contributed by atoms with E-state index in [2.05, 4.69) is 21.2 Å². The van der Waals surface area contributed by atoms with Crippen molar-refractivity contribution in [2.45, 2.75) is 6.92 Å². The molecule has 0 aliphatic heterocycles. The molecule has 2 rings (SSSR count). The van der Waals surface area contributed by atoms with Gasteiger partial charge in [0.25, 0.3) is 0 Å². The van der Waals surface area contributed by atoms with E-state index in [-0.39, 0.29) is 17.1 Å². The summed E-state index contributed by atoms with van der Waals surface area (Å²) in [6.07, 6.45) is 0. The highest BCUT2D eigenvalue weighted by atomic mass is 79.9. The number of hydrogen-bond donors (Lipinski definition) is 3. The summed E-state index contributed by atoms with van der Waals surface area (Å²) < 4.78 is 13.9. The third-order valence-electron chi connectivity index (χ3n) is 2.84. The van der Waals surface area contributed by atoms with Gasteiger partial charge in [-0.25, -0.2) is 9.18 Å². The maximum Gasteiger partial charge on any atom is 0.335 e. The van der Waals surface area contributed by atoms with Crippen molar-refractivity contribution >= 4 is 39.0 Å². The van der Waals surface area contributed by atoms with Crippen molar-refractivity contribution in [3.63, 3.8) is 0 Å². The first-order valence-electron chi connectivity index (χ1n) is 5.74. The molecule has 0 unspecified atom stereocenters. The standard InChI is InChI=1S/C14H12BrFN2O2/c1-7-4-9(15)10(16)6-13(7)18-12-3-2-8(14(19)20)5-11(12)17/h2-6,18H,17H2,1H3,(H,19,20). The monoisotopic (exact) mass is 338 g/mol. The van der Waals surface area contributed by atoms with Crippen LogP contribution in [-0.4, -0.2) is 11.1 Å². The number of carboxylic acid groups (broad SMARTS) is 1. The van der Waals surface area contributed by atoms with Gasteiger partial charge in [0.1, 0.15) is 5.82 Å². The summed E-state index contributed by atoms with van der Waals surface area (Å²) in [4.78, 5) is 10.8. The molecule has 0 amide bonds. The Bertz CT molecular complexity index is 689. The number of carboxylic acids is 1. The van der Waals surface area contributed by atoms with Crippen LogP contribution >= 0.6 is 15.9 Å². The Morgan fingerprint density at radius 3 is 2.60 bits per heavy atom. The number of benzene rings is 2. The van der Waals surface area contributed by atoms with Gasteiger partial charge in [-0.15, -0.1) is 0 Å². The highest BCUT2D eigenvalue weighted by molar-refractivity contribution is 9.10. The van der Waals surface area contributed by atoms with Crippen LogP contribution in [0.2, 0.25) is 0 Å². The highest BCUT2D eigenvalue weighted by Crippen LogP contribution is 2.29. The Morgan fingerprint density at radius 1 is 1.30 bits per heavy atom. The average Bonchev–Trinajstić information content (AvgIpc) is 2.37. The fraction of sp³-hybridized carbons (Fsp3) is 0.0714. The molecule has 104 valence electrons. The topological polar surface area (TPSA) is 75.3 Å². The maximum absolute atomic E-state index is 13.5. The second-order valence-electron chi connectivity index (χ2n) is 4.31. The maximum atomic E-state index is 13.5. The van der Waals surface area contributed by atoms with E-state index in [9.17, 15) is 9.18 Å². The number of nitrogen functional groups attached to an aromatic ring is 1. The number of rotatable bonds is 3. The Balaban J connectivity index is 2.35. The lowest BCUT2D eigenvalue weighted by Crippen LogP contribution is -2.02. The summed E-state index contributed by atoms with van der Waals surface area (Å²) in [7, 11) is 0. The average molecular weight is 339 g/mol. The van der Waals surface area contributed by atoms with Gasteiger partial charge in [-0.1, -0.05) is 0 Å². The lowest BCUT2D eigenvalue weighted by molar-refractivity contribution is 0.0697. The molecule has 0 fully saturated rings. The fourth-order valence-corrected chi connectivity index (χ4v) is 2.19. The van der Waals surface area contributed by atoms with Gasteiger partial charge in [-0.3, -0.25) is 0 Å². The third-order valence-corrected chi connectivity index (χ3v) is 3.44. The number of anilines is 3. The van der Waals surface area contributed by atoms with Gasteiger partial charge < -0.3 is 16.2 Å². The Morgan fingerprint density at radius 2 is 2.00 bits per heavy atom. The number of hydrogen-bond acceptors (Lipinski definition) is 3. The first kappa shape index (κ1) is 14.3. The molecule has 0 saturated heterocycles. The lowest BCUT2D eigenvalue weighted by atomic mass is 10.1. The second-order valence-corrected chi connectivity index (χ2v) is 5.17. The summed E-state index contributed by atoms with van der Waals surface area (Å²) >= 11 is 3.11. The zero-order chi connectivity index (χ0) is 14.9. The number of nitrogens with one attached hydrogen (secondary N) is 1. The Hall–Kier alpha value is -2.08. The zero-order valence-corrected chi connectivity index (χ0v) is 12.2. The van der Waals surface area contributed by atoms with E-state index in [0.29, 0.717) is 15.8 Å². The van der Waals surface area contributed by atoms with Crippen LogP contribution in [0.25, 0.3) is 0 Å². The largest absolute Gasteiger partial charge is 0.478 e. The van der Waals surface area contributed by atoms with Crippen LogP contribution in [0.1, 0.15) is 15.9 Å². The molecule has 2 aromatic rings. The van der Waals surface area contributed by atoms with E-state index >= 15 is 0 Å². The quantitative estimate of drug-likeness (QED) is 0.741. The van der Waals surface area contributed by atoms with Gasteiger partial charge in [0.15, 0.2) is 0 Å². The van der Waals surface area contributed by atoms with Gasteiger partial charge >= 0.3 is 5.97 Å².